The first-order chi connectivity index (χ1) is 19.7. The summed E-state index contributed by atoms with van der Waals surface area (Å²) >= 11 is 0. The number of anilines is 2. The Morgan fingerprint density at radius 3 is 2.49 bits per heavy atom. The molecule has 0 atom stereocenters. The van der Waals surface area contributed by atoms with E-state index in [0.29, 0.717) is 22.6 Å². The van der Waals surface area contributed by atoms with Gasteiger partial charge < -0.3 is 20.9 Å². The molecule has 0 aliphatic rings. The molecule has 4 aromatic rings. The molecule has 8 nitrogen and oxygen atoms in total. The number of nitrogen functional groups attached to an aromatic ring is 1. The van der Waals surface area contributed by atoms with E-state index in [1.54, 1.807) is 37.1 Å². The third-order valence-corrected chi connectivity index (χ3v) is 6.51. The predicted molar refractivity (Wildman–Crippen MR) is 170 cm³/mol. The average molecular weight is 543 g/mol. The summed E-state index contributed by atoms with van der Waals surface area (Å²) < 4.78 is 1.94. The number of nitrogens with one attached hydrogen (secondary N) is 3. The SMILES string of the molecule is C=C/C=C(\C(C)=C(/C)NC(=C)C(=N)c1cc(-c2cncc(NC(=C)c3ccccc3)c2)ncc1N)n1cnc(C)c1. The van der Waals surface area contributed by atoms with Gasteiger partial charge in [0.1, 0.15) is 0 Å². The molecule has 0 aliphatic heterocycles. The summed E-state index contributed by atoms with van der Waals surface area (Å²) in [6, 6.07) is 13.6. The lowest BCUT2D eigenvalue weighted by Gasteiger charge is -2.17. The number of hydrogen-bond donors (Lipinski definition) is 4. The highest BCUT2D eigenvalue weighted by molar-refractivity contribution is 6.13. The van der Waals surface area contributed by atoms with Gasteiger partial charge >= 0.3 is 0 Å². The number of nitrogens with two attached hydrogens (primary N) is 1. The van der Waals surface area contributed by atoms with Gasteiger partial charge in [0.05, 0.1) is 58.6 Å². The van der Waals surface area contributed by atoms with Crippen LogP contribution in [-0.4, -0.2) is 25.2 Å². The van der Waals surface area contributed by atoms with E-state index < -0.39 is 0 Å². The highest BCUT2D eigenvalue weighted by Crippen LogP contribution is 2.26. The maximum atomic E-state index is 8.88. The van der Waals surface area contributed by atoms with E-state index in [4.69, 9.17) is 11.1 Å². The normalized spacial score (nSPS) is 11.8. The van der Waals surface area contributed by atoms with Crippen LogP contribution in [0, 0.1) is 12.3 Å². The van der Waals surface area contributed by atoms with Crippen molar-refractivity contribution in [3.05, 3.63) is 139 Å². The zero-order valence-electron chi connectivity index (χ0n) is 23.6. The third kappa shape index (κ3) is 6.75. The highest BCUT2D eigenvalue weighted by atomic mass is 15.0. The van der Waals surface area contributed by atoms with Crippen molar-refractivity contribution >= 4 is 28.5 Å². The van der Waals surface area contributed by atoms with Gasteiger partial charge in [-0.2, -0.15) is 0 Å². The lowest BCUT2D eigenvalue weighted by molar-refractivity contribution is 0.978. The summed E-state index contributed by atoms with van der Waals surface area (Å²) in [6.07, 6.45) is 12.3. The summed E-state index contributed by atoms with van der Waals surface area (Å²) in [6.45, 7) is 18.0. The number of imidazole rings is 1. The van der Waals surface area contributed by atoms with Gasteiger partial charge in [0.2, 0.25) is 0 Å². The van der Waals surface area contributed by atoms with Crippen molar-refractivity contribution in [2.24, 2.45) is 0 Å². The molecule has 0 saturated carbocycles. The van der Waals surface area contributed by atoms with Crippen LogP contribution in [0.1, 0.15) is 30.7 Å². The minimum absolute atomic E-state index is 0.158. The second-order valence-corrected chi connectivity index (χ2v) is 9.53. The highest BCUT2D eigenvalue weighted by Gasteiger charge is 2.15. The van der Waals surface area contributed by atoms with Gasteiger partial charge in [-0.25, -0.2) is 4.98 Å². The molecule has 8 heteroatoms. The smallest absolute Gasteiger partial charge is 0.0995 e. The van der Waals surface area contributed by atoms with E-state index in [1.165, 1.54) is 0 Å². The number of nitrogens with zero attached hydrogens (tertiary/aromatic N) is 4. The number of pyridine rings is 2. The number of aromatic nitrogens is 4. The Morgan fingerprint density at radius 2 is 1.80 bits per heavy atom. The maximum absolute atomic E-state index is 8.88. The summed E-state index contributed by atoms with van der Waals surface area (Å²) in [7, 11) is 0. The maximum Gasteiger partial charge on any atom is 0.0995 e. The molecule has 5 N–H and O–H groups in total. The standard InChI is InChI=1S/C33H34N8/c1-7-11-32(41-19-21(2)38-20-41)22(3)23(4)39-25(6)33(35)29-15-31(37-18-30(29)34)27-14-28(17-36-16-27)40-24(5)26-12-9-8-10-13-26/h7-20,35,39-40H,1,5-6,34H2,2-4H3/b23-22+,32-11+,35-33?. The van der Waals surface area contributed by atoms with Gasteiger partial charge in [0, 0.05) is 34.9 Å². The van der Waals surface area contributed by atoms with Gasteiger partial charge in [-0.3, -0.25) is 15.4 Å². The second kappa shape index (κ2) is 12.6. The number of benzene rings is 1. The van der Waals surface area contributed by atoms with Crippen molar-refractivity contribution in [1.82, 2.24) is 24.8 Å². The van der Waals surface area contributed by atoms with Crippen molar-refractivity contribution in [2.75, 3.05) is 11.1 Å². The number of aryl methyl sites for hydroxylation is 1. The van der Waals surface area contributed by atoms with Gasteiger partial charge in [-0.15, -0.1) is 0 Å². The molecule has 0 radical (unpaired) electrons. The van der Waals surface area contributed by atoms with Crippen molar-refractivity contribution in [3.63, 3.8) is 0 Å². The van der Waals surface area contributed by atoms with Crippen LogP contribution in [0.2, 0.25) is 0 Å². The molecule has 206 valence electrons. The van der Waals surface area contributed by atoms with E-state index in [1.807, 2.05) is 74.0 Å². The van der Waals surface area contributed by atoms with Gasteiger partial charge in [0.25, 0.3) is 0 Å². The predicted octanol–water partition coefficient (Wildman–Crippen LogP) is 6.81. The van der Waals surface area contributed by atoms with Crippen LogP contribution in [0.3, 0.4) is 0 Å². The summed E-state index contributed by atoms with van der Waals surface area (Å²) in [5.41, 5.74) is 15.2. The van der Waals surface area contributed by atoms with Gasteiger partial charge in [0.15, 0.2) is 0 Å². The van der Waals surface area contributed by atoms with Crippen LogP contribution in [-0.2, 0) is 0 Å². The number of rotatable bonds is 11. The molecule has 0 unspecified atom stereocenters. The van der Waals surface area contributed by atoms with E-state index in [-0.39, 0.29) is 5.71 Å². The van der Waals surface area contributed by atoms with Crippen LogP contribution in [0.5, 0.6) is 0 Å². The molecule has 0 bridgehead atoms. The summed E-state index contributed by atoms with van der Waals surface area (Å²) in [5.74, 6) is 0. The third-order valence-electron chi connectivity index (χ3n) is 6.51. The van der Waals surface area contributed by atoms with Crippen molar-refractivity contribution in [1.29, 1.82) is 5.41 Å². The minimum Gasteiger partial charge on any atom is -0.397 e. The molecule has 0 aliphatic carbocycles. The molecular formula is C33H34N8. The van der Waals surface area contributed by atoms with Gasteiger partial charge in [-0.05, 0) is 50.1 Å². The number of hydrogen-bond acceptors (Lipinski definition) is 7. The molecule has 0 spiro atoms. The van der Waals surface area contributed by atoms with Crippen molar-refractivity contribution in [2.45, 2.75) is 20.8 Å². The fourth-order valence-electron chi connectivity index (χ4n) is 4.18. The topological polar surface area (TPSA) is 118 Å². The van der Waals surface area contributed by atoms with Crippen molar-refractivity contribution in [3.8, 4) is 11.3 Å². The van der Waals surface area contributed by atoms with Crippen molar-refractivity contribution < 1.29 is 0 Å². The Kier molecular flexibility index (Phi) is 8.74. The monoisotopic (exact) mass is 542 g/mol. The van der Waals surface area contributed by atoms with E-state index in [0.717, 1.165) is 45.2 Å². The summed E-state index contributed by atoms with van der Waals surface area (Å²) in [4.78, 5) is 13.2. The molecular weight excluding hydrogens is 508 g/mol. The van der Waals surface area contributed by atoms with E-state index >= 15 is 0 Å². The quantitative estimate of drug-likeness (QED) is 0.122. The molecule has 0 saturated heterocycles. The molecule has 4 rings (SSSR count). The second-order valence-electron chi connectivity index (χ2n) is 9.53. The average Bonchev–Trinajstić information content (AvgIpc) is 3.41. The fourth-order valence-corrected chi connectivity index (χ4v) is 4.18. The van der Waals surface area contributed by atoms with Crippen LogP contribution in [0.25, 0.3) is 22.7 Å². The van der Waals surface area contributed by atoms with Gasteiger partial charge in [-0.1, -0.05) is 56.1 Å². The first kappa shape index (κ1) is 28.5. The Bertz CT molecular complexity index is 1690. The minimum atomic E-state index is 0.158. The van der Waals surface area contributed by atoms with Crippen LogP contribution in [0.15, 0.2) is 122 Å². The van der Waals surface area contributed by atoms with Crippen LogP contribution >= 0.6 is 0 Å². The Morgan fingerprint density at radius 1 is 1.05 bits per heavy atom. The first-order valence-corrected chi connectivity index (χ1v) is 13.0. The van der Waals surface area contributed by atoms with E-state index in [2.05, 4.69) is 45.3 Å². The Balaban J connectivity index is 1.55. The summed E-state index contributed by atoms with van der Waals surface area (Å²) in [5, 5.41) is 15.4. The largest absolute Gasteiger partial charge is 0.397 e. The molecule has 0 amide bonds. The lowest BCUT2D eigenvalue weighted by Crippen LogP contribution is -2.20. The zero-order chi connectivity index (χ0) is 29.5. The zero-order valence-corrected chi connectivity index (χ0v) is 23.6. The van der Waals surface area contributed by atoms with Crippen LogP contribution in [0.4, 0.5) is 11.4 Å². The van der Waals surface area contributed by atoms with Crippen LogP contribution < -0.4 is 16.4 Å². The molecule has 3 aromatic heterocycles. The molecule has 3 heterocycles. The number of allylic oxidation sites excluding steroid dienone is 6. The lowest BCUT2D eigenvalue weighted by atomic mass is 10.0. The Hall–Kier alpha value is -5.50. The molecule has 41 heavy (non-hydrogen) atoms. The molecule has 1 aromatic carbocycles. The Labute approximate surface area is 240 Å². The van der Waals surface area contributed by atoms with E-state index in [9.17, 15) is 0 Å². The fraction of sp³-hybridized carbons (Fsp3) is 0.0909. The first-order valence-electron chi connectivity index (χ1n) is 13.0. The molecule has 0 fully saturated rings.